The molecule has 1 aliphatic heterocycles. The second-order valence-electron chi connectivity index (χ2n) is 5.40. The van der Waals surface area contributed by atoms with Crippen LogP contribution in [0.15, 0.2) is 17.5 Å². The summed E-state index contributed by atoms with van der Waals surface area (Å²) in [7, 11) is 0. The molecule has 2 bridgehead atoms. The number of piperidine rings is 1. The Morgan fingerprint density at radius 2 is 2.17 bits per heavy atom. The largest absolute Gasteiger partial charge is 0.355 e. The Labute approximate surface area is 112 Å². The van der Waals surface area contributed by atoms with E-state index in [0.717, 1.165) is 26.1 Å². The van der Waals surface area contributed by atoms with E-state index in [1.165, 1.54) is 17.7 Å². The van der Waals surface area contributed by atoms with Crippen LogP contribution in [0.3, 0.4) is 0 Å². The molecule has 3 nitrogen and oxygen atoms in total. The van der Waals surface area contributed by atoms with Crippen molar-refractivity contribution >= 4 is 17.2 Å². The molecule has 1 aromatic rings. The first-order valence-corrected chi connectivity index (χ1v) is 7.73. The van der Waals surface area contributed by atoms with E-state index in [2.05, 4.69) is 28.1 Å². The third kappa shape index (κ3) is 2.45. The van der Waals surface area contributed by atoms with Gasteiger partial charge >= 0.3 is 0 Å². The van der Waals surface area contributed by atoms with Crippen molar-refractivity contribution < 1.29 is 4.79 Å². The van der Waals surface area contributed by atoms with Crippen LogP contribution in [0, 0.1) is 17.8 Å². The first kappa shape index (κ1) is 12.2. The summed E-state index contributed by atoms with van der Waals surface area (Å²) in [4.78, 5) is 13.6. The van der Waals surface area contributed by atoms with Crippen LogP contribution in [0.2, 0.25) is 0 Å². The summed E-state index contributed by atoms with van der Waals surface area (Å²) in [5, 5.41) is 8.65. The summed E-state index contributed by atoms with van der Waals surface area (Å²) in [6.45, 7) is 2.84. The van der Waals surface area contributed by atoms with Gasteiger partial charge in [-0.15, -0.1) is 11.3 Å². The summed E-state index contributed by atoms with van der Waals surface area (Å²) in [6, 6.07) is 4.19. The lowest BCUT2D eigenvalue weighted by molar-refractivity contribution is -0.127. The maximum Gasteiger partial charge on any atom is 0.223 e. The van der Waals surface area contributed by atoms with Gasteiger partial charge in [0.1, 0.15) is 0 Å². The van der Waals surface area contributed by atoms with Crippen LogP contribution in [0.4, 0.5) is 0 Å². The van der Waals surface area contributed by atoms with Crippen molar-refractivity contribution in [3.05, 3.63) is 22.4 Å². The zero-order valence-corrected chi connectivity index (χ0v) is 11.3. The van der Waals surface area contributed by atoms with Gasteiger partial charge in [0.15, 0.2) is 0 Å². The Hall–Kier alpha value is -0.870. The monoisotopic (exact) mass is 264 g/mol. The highest BCUT2D eigenvalue weighted by molar-refractivity contribution is 7.09. The van der Waals surface area contributed by atoms with Crippen LogP contribution in [-0.4, -0.2) is 25.5 Å². The van der Waals surface area contributed by atoms with Gasteiger partial charge in [-0.3, -0.25) is 4.79 Å². The molecule has 2 N–H and O–H groups in total. The Balaban J connectivity index is 1.49. The van der Waals surface area contributed by atoms with Crippen molar-refractivity contribution in [1.29, 1.82) is 0 Å². The second kappa shape index (κ2) is 5.41. The highest BCUT2D eigenvalue weighted by Crippen LogP contribution is 2.39. The van der Waals surface area contributed by atoms with Gasteiger partial charge in [-0.2, -0.15) is 0 Å². The summed E-state index contributed by atoms with van der Waals surface area (Å²) in [6.07, 6.45) is 3.41. The van der Waals surface area contributed by atoms with E-state index in [1.807, 2.05) is 0 Å². The standard InChI is InChI=1S/C14H20N2OS/c17-14(16-6-5-12-2-1-7-18-12)13-10-3-4-11(13)9-15-8-10/h1-2,7,10-11,13,15H,3-6,8-9H2,(H,16,17). The van der Waals surface area contributed by atoms with Crippen molar-refractivity contribution in [2.45, 2.75) is 19.3 Å². The molecule has 2 fully saturated rings. The molecule has 0 aromatic carbocycles. The number of amides is 1. The molecule has 1 saturated heterocycles. The van der Waals surface area contributed by atoms with Crippen molar-refractivity contribution in [3.63, 3.8) is 0 Å². The molecule has 2 atom stereocenters. The van der Waals surface area contributed by atoms with E-state index >= 15 is 0 Å². The predicted molar refractivity (Wildman–Crippen MR) is 73.6 cm³/mol. The topological polar surface area (TPSA) is 41.1 Å². The van der Waals surface area contributed by atoms with Gasteiger partial charge in [-0.25, -0.2) is 0 Å². The van der Waals surface area contributed by atoms with Crippen LogP contribution in [0.1, 0.15) is 17.7 Å². The lowest BCUT2D eigenvalue weighted by atomic mass is 9.85. The van der Waals surface area contributed by atoms with E-state index in [1.54, 1.807) is 11.3 Å². The molecule has 2 aliphatic rings. The van der Waals surface area contributed by atoms with Crippen molar-refractivity contribution in [1.82, 2.24) is 10.6 Å². The Kier molecular flexibility index (Phi) is 3.66. The van der Waals surface area contributed by atoms with Gasteiger partial charge in [0.2, 0.25) is 5.91 Å². The molecular formula is C14H20N2OS. The third-order valence-corrected chi connectivity index (χ3v) is 5.23. The molecule has 4 heteroatoms. The Bertz CT molecular complexity index is 388. The van der Waals surface area contributed by atoms with E-state index in [0.29, 0.717) is 17.7 Å². The average Bonchev–Trinajstić information content (AvgIpc) is 2.96. The van der Waals surface area contributed by atoms with Crippen LogP contribution < -0.4 is 10.6 Å². The fraction of sp³-hybridized carbons (Fsp3) is 0.643. The molecule has 1 saturated carbocycles. The zero-order chi connectivity index (χ0) is 12.4. The van der Waals surface area contributed by atoms with Gasteiger partial charge in [0, 0.05) is 17.3 Å². The highest BCUT2D eigenvalue weighted by atomic mass is 32.1. The quantitative estimate of drug-likeness (QED) is 0.868. The predicted octanol–water partition coefficient (Wildman–Crippen LogP) is 1.65. The van der Waals surface area contributed by atoms with E-state index < -0.39 is 0 Å². The first-order valence-electron chi connectivity index (χ1n) is 6.85. The first-order chi connectivity index (χ1) is 8.84. The van der Waals surface area contributed by atoms with Gasteiger partial charge in [-0.1, -0.05) is 6.07 Å². The molecule has 2 unspecified atom stereocenters. The lowest BCUT2D eigenvalue weighted by Gasteiger charge is -2.29. The van der Waals surface area contributed by atoms with E-state index in [4.69, 9.17) is 0 Å². The summed E-state index contributed by atoms with van der Waals surface area (Å²) in [5.74, 6) is 1.71. The summed E-state index contributed by atoms with van der Waals surface area (Å²) < 4.78 is 0. The SMILES string of the molecule is O=C(NCCc1cccs1)C1C2CCC1CNC2. The molecule has 0 spiro atoms. The molecule has 1 aromatic heterocycles. The minimum atomic E-state index is 0.273. The van der Waals surface area contributed by atoms with Crippen LogP contribution >= 0.6 is 11.3 Å². The summed E-state index contributed by atoms with van der Waals surface area (Å²) in [5.41, 5.74) is 0. The molecule has 1 aliphatic carbocycles. The van der Waals surface area contributed by atoms with Crippen LogP contribution in [0.25, 0.3) is 0 Å². The number of hydrogen-bond donors (Lipinski definition) is 2. The molecule has 98 valence electrons. The zero-order valence-electron chi connectivity index (χ0n) is 10.5. The molecular weight excluding hydrogens is 244 g/mol. The molecule has 3 rings (SSSR count). The Morgan fingerprint density at radius 3 is 2.83 bits per heavy atom. The number of carbonyl (C=O) groups is 1. The van der Waals surface area contributed by atoms with E-state index in [-0.39, 0.29) is 5.92 Å². The average molecular weight is 264 g/mol. The molecule has 1 amide bonds. The van der Waals surface area contributed by atoms with Crippen molar-refractivity contribution in [2.75, 3.05) is 19.6 Å². The minimum absolute atomic E-state index is 0.273. The summed E-state index contributed by atoms with van der Waals surface area (Å²) >= 11 is 1.76. The maximum absolute atomic E-state index is 12.3. The minimum Gasteiger partial charge on any atom is -0.355 e. The van der Waals surface area contributed by atoms with Crippen LogP contribution in [0.5, 0.6) is 0 Å². The third-order valence-electron chi connectivity index (χ3n) is 4.29. The molecule has 0 radical (unpaired) electrons. The lowest BCUT2D eigenvalue weighted by Crippen LogP contribution is -2.46. The Morgan fingerprint density at radius 1 is 1.39 bits per heavy atom. The van der Waals surface area contributed by atoms with E-state index in [9.17, 15) is 4.79 Å². The second-order valence-corrected chi connectivity index (χ2v) is 6.43. The van der Waals surface area contributed by atoms with Gasteiger partial charge in [0.05, 0.1) is 0 Å². The van der Waals surface area contributed by atoms with Crippen molar-refractivity contribution in [3.8, 4) is 0 Å². The normalized spacial score (nSPS) is 30.3. The molecule has 18 heavy (non-hydrogen) atoms. The maximum atomic E-state index is 12.3. The molecule has 2 heterocycles. The van der Waals surface area contributed by atoms with Crippen LogP contribution in [-0.2, 0) is 11.2 Å². The van der Waals surface area contributed by atoms with Gasteiger partial charge in [0.25, 0.3) is 0 Å². The number of rotatable bonds is 4. The smallest absolute Gasteiger partial charge is 0.223 e. The highest BCUT2D eigenvalue weighted by Gasteiger charge is 2.42. The number of carbonyl (C=O) groups excluding carboxylic acids is 1. The number of nitrogens with one attached hydrogen (secondary N) is 2. The van der Waals surface area contributed by atoms with Gasteiger partial charge < -0.3 is 10.6 Å². The fourth-order valence-electron chi connectivity index (χ4n) is 3.39. The van der Waals surface area contributed by atoms with Gasteiger partial charge in [-0.05, 0) is 55.6 Å². The number of fused-ring (bicyclic) bond motifs is 2. The van der Waals surface area contributed by atoms with Crippen molar-refractivity contribution in [2.24, 2.45) is 17.8 Å². The fourth-order valence-corrected chi connectivity index (χ4v) is 4.10. The number of hydrogen-bond acceptors (Lipinski definition) is 3. The number of thiophene rings is 1.